The monoisotopic (exact) mass is 308 g/mol. The zero-order chi connectivity index (χ0) is 16.2. The fourth-order valence-electron chi connectivity index (χ4n) is 3.15. The predicted molar refractivity (Wildman–Crippen MR) is 89.8 cm³/mol. The Morgan fingerprint density at radius 2 is 2.22 bits per heavy atom. The van der Waals surface area contributed by atoms with Crippen LogP contribution in [-0.2, 0) is 6.42 Å². The number of nitriles is 1. The van der Waals surface area contributed by atoms with E-state index in [0.29, 0.717) is 22.7 Å². The molecule has 1 aromatic carbocycles. The van der Waals surface area contributed by atoms with Crippen molar-refractivity contribution in [1.82, 2.24) is 10.3 Å². The molecule has 0 bridgehead atoms. The van der Waals surface area contributed by atoms with Crippen molar-refractivity contribution in [2.75, 3.05) is 18.8 Å². The Morgan fingerprint density at radius 1 is 1.39 bits per heavy atom. The Morgan fingerprint density at radius 3 is 2.91 bits per heavy atom. The maximum absolute atomic E-state index is 10.0. The molecule has 4 N–H and O–H groups in total. The summed E-state index contributed by atoms with van der Waals surface area (Å²) in [5.74, 6) is 0.885. The van der Waals surface area contributed by atoms with Crippen LogP contribution in [0.4, 0.5) is 5.82 Å². The van der Waals surface area contributed by atoms with Gasteiger partial charge in [0.05, 0.1) is 11.3 Å². The van der Waals surface area contributed by atoms with Crippen LogP contribution >= 0.6 is 0 Å². The van der Waals surface area contributed by atoms with E-state index in [4.69, 9.17) is 5.73 Å². The van der Waals surface area contributed by atoms with E-state index in [9.17, 15) is 10.4 Å². The van der Waals surface area contributed by atoms with Crippen molar-refractivity contribution in [3.63, 3.8) is 0 Å². The Hall–Kier alpha value is -2.58. The van der Waals surface area contributed by atoms with Crippen LogP contribution in [0.15, 0.2) is 30.3 Å². The highest BCUT2D eigenvalue weighted by atomic mass is 16.3. The molecule has 0 amide bonds. The predicted octanol–water partition coefficient (Wildman–Crippen LogP) is 2.45. The van der Waals surface area contributed by atoms with Gasteiger partial charge in [0.15, 0.2) is 0 Å². The summed E-state index contributed by atoms with van der Waals surface area (Å²) in [6.07, 6.45) is 3.09. The van der Waals surface area contributed by atoms with Crippen molar-refractivity contribution < 1.29 is 5.11 Å². The number of anilines is 1. The van der Waals surface area contributed by atoms with E-state index in [0.717, 1.165) is 37.9 Å². The molecular weight excluding hydrogens is 288 g/mol. The number of piperidine rings is 1. The lowest BCUT2D eigenvalue weighted by Crippen LogP contribution is -2.31. The van der Waals surface area contributed by atoms with Crippen LogP contribution in [0.3, 0.4) is 0 Å². The molecule has 23 heavy (non-hydrogen) atoms. The van der Waals surface area contributed by atoms with Gasteiger partial charge in [-0.25, -0.2) is 4.98 Å². The SMILES string of the molecule is N#Cc1c(CC2CCCNC2)cc(-c2ccccc2O)nc1N. The van der Waals surface area contributed by atoms with E-state index in [1.165, 1.54) is 0 Å². The molecule has 1 aromatic heterocycles. The van der Waals surface area contributed by atoms with Gasteiger partial charge in [0.25, 0.3) is 0 Å². The van der Waals surface area contributed by atoms with E-state index in [2.05, 4.69) is 16.4 Å². The lowest BCUT2D eigenvalue weighted by molar-refractivity contribution is 0.376. The molecule has 1 unspecified atom stereocenters. The first-order valence-corrected chi connectivity index (χ1v) is 7.87. The highest BCUT2D eigenvalue weighted by Crippen LogP contribution is 2.31. The van der Waals surface area contributed by atoms with Gasteiger partial charge in [-0.1, -0.05) is 12.1 Å². The minimum atomic E-state index is 0.161. The fraction of sp³-hybridized carbons (Fsp3) is 0.333. The number of nitrogens with two attached hydrogens (primary N) is 1. The highest BCUT2D eigenvalue weighted by Gasteiger charge is 2.19. The van der Waals surface area contributed by atoms with Gasteiger partial charge in [-0.2, -0.15) is 5.26 Å². The van der Waals surface area contributed by atoms with E-state index >= 15 is 0 Å². The highest BCUT2D eigenvalue weighted by molar-refractivity contribution is 5.70. The summed E-state index contributed by atoms with van der Waals surface area (Å²) in [5, 5.41) is 22.8. The van der Waals surface area contributed by atoms with E-state index < -0.39 is 0 Å². The summed E-state index contributed by atoms with van der Waals surface area (Å²) in [7, 11) is 0. The molecule has 1 saturated heterocycles. The second-order valence-corrected chi connectivity index (χ2v) is 5.97. The molecule has 118 valence electrons. The standard InChI is InChI=1S/C18H20N4O/c19-10-15-13(8-12-4-3-7-21-11-12)9-16(22-18(15)20)14-5-1-2-6-17(14)23/h1-2,5-6,9,12,21,23H,3-4,7-8,11H2,(H2,20,22). The lowest BCUT2D eigenvalue weighted by atomic mass is 9.90. The van der Waals surface area contributed by atoms with Gasteiger partial charge in [-0.3, -0.25) is 0 Å². The molecule has 1 atom stereocenters. The van der Waals surface area contributed by atoms with Gasteiger partial charge in [0, 0.05) is 5.56 Å². The van der Waals surface area contributed by atoms with Gasteiger partial charge in [-0.15, -0.1) is 0 Å². The van der Waals surface area contributed by atoms with Crippen LogP contribution in [-0.4, -0.2) is 23.2 Å². The molecule has 0 spiro atoms. The van der Waals surface area contributed by atoms with Crippen LogP contribution in [0, 0.1) is 17.2 Å². The summed E-state index contributed by atoms with van der Waals surface area (Å²) in [6, 6.07) is 11.1. The van der Waals surface area contributed by atoms with Gasteiger partial charge in [-0.05, 0) is 62.0 Å². The molecule has 0 aliphatic carbocycles. The Labute approximate surface area is 135 Å². The van der Waals surface area contributed by atoms with Crippen LogP contribution < -0.4 is 11.1 Å². The number of phenolic OH excluding ortho intramolecular Hbond substituents is 1. The van der Waals surface area contributed by atoms with E-state index in [1.54, 1.807) is 18.2 Å². The normalized spacial score (nSPS) is 17.6. The third kappa shape index (κ3) is 3.27. The van der Waals surface area contributed by atoms with Crippen LogP contribution in [0.2, 0.25) is 0 Å². The third-order valence-corrected chi connectivity index (χ3v) is 4.33. The van der Waals surface area contributed by atoms with Crippen molar-refractivity contribution in [3.05, 3.63) is 41.5 Å². The Kier molecular flexibility index (Phi) is 4.45. The molecular formula is C18H20N4O. The van der Waals surface area contributed by atoms with Gasteiger partial charge in [0.2, 0.25) is 0 Å². The molecule has 2 heterocycles. The number of aromatic hydroxyl groups is 1. The van der Waals surface area contributed by atoms with Crippen LogP contribution in [0.5, 0.6) is 5.75 Å². The van der Waals surface area contributed by atoms with Crippen molar-refractivity contribution in [2.45, 2.75) is 19.3 Å². The first-order chi connectivity index (χ1) is 11.2. The number of nitrogens with zero attached hydrogens (tertiary/aromatic N) is 2. The molecule has 0 saturated carbocycles. The summed E-state index contributed by atoms with van der Waals surface area (Å²) in [6.45, 7) is 2.02. The largest absolute Gasteiger partial charge is 0.507 e. The molecule has 1 fully saturated rings. The third-order valence-electron chi connectivity index (χ3n) is 4.33. The number of aromatic nitrogens is 1. The molecule has 5 heteroatoms. The number of phenols is 1. The summed E-state index contributed by atoms with van der Waals surface area (Å²) >= 11 is 0. The minimum Gasteiger partial charge on any atom is -0.507 e. The van der Waals surface area contributed by atoms with Crippen molar-refractivity contribution >= 4 is 5.82 Å². The van der Waals surface area contributed by atoms with Crippen molar-refractivity contribution in [2.24, 2.45) is 5.92 Å². The Bertz CT molecular complexity index is 745. The van der Waals surface area contributed by atoms with Crippen LogP contribution in [0.25, 0.3) is 11.3 Å². The molecule has 3 rings (SSSR count). The summed E-state index contributed by atoms with van der Waals surface area (Å²) in [4.78, 5) is 4.31. The topological polar surface area (TPSA) is 95.0 Å². The number of benzene rings is 1. The van der Waals surface area contributed by atoms with Gasteiger partial charge < -0.3 is 16.2 Å². The van der Waals surface area contributed by atoms with Crippen molar-refractivity contribution in [1.29, 1.82) is 5.26 Å². The van der Waals surface area contributed by atoms with Crippen LogP contribution in [0.1, 0.15) is 24.0 Å². The zero-order valence-corrected chi connectivity index (χ0v) is 12.9. The first-order valence-electron chi connectivity index (χ1n) is 7.87. The first kappa shape index (κ1) is 15.3. The summed E-state index contributed by atoms with van der Waals surface area (Å²) in [5.41, 5.74) is 8.60. The van der Waals surface area contributed by atoms with E-state index in [-0.39, 0.29) is 11.6 Å². The fourth-order valence-corrected chi connectivity index (χ4v) is 3.15. The van der Waals surface area contributed by atoms with Crippen molar-refractivity contribution in [3.8, 4) is 23.1 Å². The van der Waals surface area contributed by atoms with E-state index in [1.807, 2.05) is 12.1 Å². The number of nitrogens with one attached hydrogen (secondary N) is 1. The Balaban J connectivity index is 2.00. The molecule has 1 aliphatic heterocycles. The minimum absolute atomic E-state index is 0.161. The number of hydrogen-bond donors (Lipinski definition) is 3. The smallest absolute Gasteiger partial charge is 0.142 e. The lowest BCUT2D eigenvalue weighted by Gasteiger charge is -2.23. The maximum Gasteiger partial charge on any atom is 0.142 e. The molecule has 2 aromatic rings. The van der Waals surface area contributed by atoms with Gasteiger partial charge >= 0.3 is 0 Å². The number of pyridine rings is 1. The zero-order valence-electron chi connectivity index (χ0n) is 12.9. The molecule has 5 nitrogen and oxygen atoms in total. The molecule has 0 radical (unpaired) electrons. The maximum atomic E-state index is 10.0. The average molecular weight is 308 g/mol. The second-order valence-electron chi connectivity index (χ2n) is 5.97. The van der Waals surface area contributed by atoms with Gasteiger partial charge in [0.1, 0.15) is 17.6 Å². The average Bonchev–Trinajstić information content (AvgIpc) is 2.56. The number of hydrogen-bond acceptors (Lipinski definition) is 5. The number of nitrogen functional groups attached to an aromatic ring is 1. The summed E-state index contributed by atoms with van der Waals surface area (Å²) < 4.78 is 0. The number of rotatable bonds is 3. The quantitative estimate of drug-likeness (QED) is 0.809. The number of para-hydroxylation sites is 1. The molecule has 1 aliphatic rings. The second kappa shape index (κ2) is 6.67.